The Labute approximate surface area is 168 Å². The largest absolute Gasteiger partial charge is 0.488 e. The van der Waals surface area contributed by atoms with Crippen LogP contribution < -0.4 is 15.0 Å². The summed E-state index contributed by atoms with van der Waals surface area (Å²) in [6.45, 7) is 4.82. The Kier molecular flexibility index (Phi) is 6.04. The average Bonchev–Trinajstić information content (AvgIpc) is 3.09. The minimum absolute atomic E-state index is 0.0470. The monoisotopic (exact) mass is 403 g/mol. The Morgan fingerprint density at radius 1 is 1.32 bits per heavy atom. The molecule has 0 saturated carbocycles. The molecule has 1 saturated heterocycles. The SMILES string of the molecule is CC(C)NC(=O)c1ccc(N2CCC(Oc3cccc(Cl)c3)C2)c([N+](=O)[O-])c1. The van der Waals surface area contributed by atoms with E-state index in [1.54, 1.807) is 24.3 Å². The number of carbonyl (C=O) groups excluding carboxylic acids is 1. The summed E-state index contributed by atoms with van der Waals surface area (Å²) in [5, 5.41) is 14.9. The molecule has 1 fully saturated rings. The van der Waals surface area contributed by atoms with E-state index in [1.165, 1.54) is 6.07 Å². The van der Waals surface area contributed by atoms with Gasteiger partial charge in [-0.3, -0.25) is 14.9 Å². The van der Waals surface area contributed by atoms with Gasteiger partial charge in [0, 0.05) is 35.7 Å². The first-order chi connectivity index (χ1) is 13.3. The van der Waals surface area contributed by atoms with Gasteiger partial charge in [-0.15, -0.1) is 0 Å². The van der Waals surface area contributed by atoms with Crippen LogP contribution in [-0.4, -0.2) is 36.1 Å². The zero-order valence-corrected chi connectivity index (χ0v) is 16.5. The maximum absolute atomic E-state index is 12.2. The summed E-state index contributed by atoms with van der Waals surface area (Å²) < 4.78 is 5.95. The Morgan fingerprint density at radius 2 is 2.11 bits per heavy atom. The van der Waals surface area contributed by atoms with E-state index < -0.39 is 4.92 Å². The van der Waals surface area contributed by atoms with Gasteiger partial charge in [0.05, 0.1) is 11.5 Å². The van der Waals surface area contributed by atoms with Gasteiger partial charge < -0.3 is 15.0 Å². The van der Waals surface area contributed by atoms with Crippen LogP contribution in [-0.2, 0) is 0 Å². The third kappa shape index (κ3) is 4.72. The predicted octanol–water partition coefficient (Wildman–Crippen LogP) is 4.04. The quantitative estimate of drug-likeness (QED) is 0.581. The van der Waals surface area contributed by atoms with Gasteiger partial charge in [0.1, 0.15) is 17.5 Å². The summed E-state index contributed by atoms with van der Waals surface area (Å²) in [5.41, 5.74) is 0.679. The molecule has 1 aliphatic rings. The molecule has 0 bridgehead atoms. The van der Waals surface area contributed by atoms with E-state index in [9.17, 15) is 14.9 Å². The number of nitrogens with zero attached hydrogens (tertiary/aromatic N) is 2. The first kappa shape index (κ1) is 19.9. The average molecular weight is 404 g/mol. The van der Waals surface area contributed by atoms with Crippen LogP contribution in [0.3, 0.4) is 0 Å². The lowest BCUT2D eigenvalue weighted by Crippen LogP contribution is -2.30. The highest BCUT2D eigenvalue weighted by atomic mass is 35.5. The number of hydrogen-bond donors (Lipinski definition) is 1. The first-order valence-electron chi connectivity index (χ1n) is 9.10. The van der Waals surface area contributed by atoms with Crippen molar-refractivity contribution in [1.29, 1.82) is 0 Å². The van der Waals surface area contributed by atoms with Gasteiger partial charge in [0.25, 0.3) is 11.6 Å². The molecule has 1 N–H and O–H groups in total. The molecule has 1 heterocycles. The van der Waals surface area contributed by atoms with E-state index in [1.807, 2.05) is 30.9 Å². The Balaban J connectivity index is 1.76. The normalized spacial score (nSPS) is 16.3. The van der Waals surface area contributed by atoms with Crippen molar-refractivity contribution < 1.29 is 14.5 Å². The molecular formula is C20H22ClN3O4. The fourth-order valence-corrected chi connectivity index (χ4v) is 3.38. The highest BCUT2D eigenvalue weighted by molar-refractivity contribution is 6.30. The van der Waals surface area contributed by atoms with Crippen molar-refractivity contribution in [3.05, 3.63) is 63.2 Å². The third-order valence-corrected chi connectivity index (χ3v) is 4.67. The molecule has 148 valence electrons. The van der Waals surface area contributed by atoms with Crippen LogP contribution in [0.15, 0.2) is 42.5 Å². The molecule has 1 amide bonds. The van der Waals surface area contributed by atoms with E-state index in [-0.39, 0.29) is 29.3 Å². The van der Waals surface area contributed by atoms with Gasteiger partial charge in [-0.2, -0.15) is 0 Å². The van der Waals surface area contributed by atoms with Gasteiger partial charge in [0.15, 0.2) is 0 Å². The van der Waals surface area contributed by atoms with Crippen molar-refractivity contribution in [3.63, 3.8) is 0 Å². The molecular weight excluding hydrogens is 382 g/mol. The second kappa shape index (κ2) is 8.48. The standard InChI is InChI=1S/C20H22ClN3O4/c1-13(2)22-20(25)14-6-7-18(19(10-14)24(26)27)23-9-8-17(12-23)28-16-5-3-4-15(21)11-16/h3-7,10-11,13,17H,8-9,12H2,1-2H3,(H,22,25). The van der Waals surface area contributed by atoms with Crippen molar-refractivity contribution in [1.82, 2.24) is 5.32 Å². The lowest BCUT2D eigenvalue weighted by atomic mass is 10.1. The van der Waals surface area contributed by atoms with Crippen LogP contribution in [0.5, 0.6) is 5.75 Å². The van der Waals surface area contributed by atoms with Crippen LogP contribution in [0.1, 0.15) is 30.6 Å². The maximum Gasteiger partial charge on any atom is 0.293 e. The number of hydrogen-bond acceptors (Lipinski definition) is 5. The van der Waals surface area contributed by atoms with Crippen LogP contribution >= 0.6 is 11.6 Å². The Hall–Kier alpha value is -2.80. The van der Waals surface area contributed by atoms with E-state index >= 15 is 0 Å². The lowest BCUT2D eigenvalue weighted by molar-refractivity contribution is -0.384. The molecule has 2 aromatic carbocycles. The maximum atomic E-state index is 12.2. The van der Waals surface area contributed by atoms with Crippen molar-refractivity contribution in [2.24, 2.45) is 0 Å². The predicted molar refractivity (Wildman–Crippen MR) is 108 cm³/mol. The summed E-state index contributed by atoms with van der Waals surface area (Å²) in [6.07, 6.45) is 0.640. The molecule has 2 aromatic rings. The molecule has 7 nitrogen and oxygen atoms in total. The fourth-order valence-electron chi connectivity index (χ4n) is 3.20. The third-order valence-electron chi connectivity index (χ3n) is 4.44. The molecule has 28 heavy (non-hydrogen) atoms. The van der Waals surface area contributed by atoms with Gasteiger partial charge in [-0.05, 0) is 44.2 Å². The minimum atomic E-state index is -0.452. The molecule has 0 spiro atoms. The number of nitro benzene ring substituents is 1. The summed E-state index contributed by atoms with van der Waals surface area (Å²) in [7, 11) is 0. The molecule has 0 radical (unpaired) electrons. The van der Waals surface area contributed by atoms with Gasteiger partial charge in [-0.25, -0.2) is 0 Å². The molecule has 0 aromatic heterocycles. The summed E-state index contributed by atoms with van der Waals surface area (Å²) in [5.74, 6) is 0.350. The van der Waals surface area contributed by atoms with Crippen molar-refractivity contribution >= 4 is 28.9 Å². The van der Waals surface area contributed by atoms with Crippen molar-refractivity contribution in [3.8, 4) is 5.75 Å². The van der Waals surface area contributed by atoms with Gasteiger partial charge in [0.2, 0.25) is 0 Å². The number of ether oxygens (including phenoxy) is 1. The first-order valence-corrected chi connectivity index (χ1v) is 9.47. The number of benzene rings is 2. The molecule has 1 atom stereocenters. The van der Waals surface area contributed by atoms with E-state index in [0.717, 1.165) is 6.42 Å². The lowest BCUT2D eigenvalue weighted by Gasteiger charge is -2.19. The molecule has 0 aliphatic carbocycles. The number of halogens is 1. The summed E-state index contributed by atoms with van der Waals surface area (Å²) in [4.78, 5) is 25.2. The van der Waals surface area contributed by atoms with Crippen molar-refractivity contribution in [2.75, 3.05) is 18.0 Å². The van der Waals surface area contributed by atoms with E-state index in [0.29, 0.717) is 29.5 Å². The number of carbonyl (C=O) groups is 1. The van der Waals surface area contributed by atoms with E-state index in [4.69, 9.17) is 16.3 Å². The van der Waals surface area contributed by atoms with Crippen LogP contribution in [0.2, 0.25) is 5.02 Å². The number of nitrogens with one attached hydrogen (secondary N) is 1. The Morgan fingerprint density at radius 3 is 2.79 bits per heavy atom. The molecule has 3 rings (SSSR count). The fraction of sp³-hybridized carbons (Fsp3) is 0.350. The van der Waals surface area contributed by atoms with E-state index in [2.05, 4.69) is 5.32 Å². The number of anilines is 1. The van der Waals surface area contributed by atoms with Crippen molar-refractivity contribution in [2.45, 2.75) is 32.4 Å². The number of nitro groups is 1. The molecule has 1 aliphatic heterocycles. The van der Waals surface area contributed by atoms with Crippen LogP contribution in [0.25, 0.3) is 0 Å². The van der Waals surface area contributed by atoms with Gasteiger partial charge in [-0.1, -0.05) is 17.7 Å². The summed E-state index contributed by atoms with van der Waals surface area (Å²) >= 11 is 5.98. The number of amides is 1. The zero-order chi connectivity index (χ0) is 20.3. The summed E-state index contributed by atoms with van der Waals surface area (Å²) in [6, 6.07) is 11.7. The second-order valence-corrected chi connectivity index (χ2v) is 7.46. The van der Waals surface area contributed by atoms with Gasteiger partial charge >= 0.3 is 0 Å². The minimum Gasteiger partial charge on any atom is -0.488 e. The second-order valence-electron chi connectivity index (χ2n) is 7.02. The molecule has 1 unspecified atom stereocenters. The van der Waals surface area contributed by atoms with Crippen LogP contribution in [0, 0.1) is 10.1 Å². The smallest absolute Gasteiger partial charge is 0.293 e. The topological polar surface area (TPSA) is 84.7 Å². The number of rotatable bonds is 6. The molecule has 8 heteroatoms. The Bertz CT molecular complexity index is 888. The zero-order valence-electron chi connectivity index (χ0n) is 15.7. The van der Waals surface area contributed by atoms with Crippen LogP contribution in [0.4, 0.5) is 11.4 Å². The highest BCUT2D eigenvalue weighted by Crippen LogP contribution is 2.33. The highest BCUT2D eigenvalue weighted by Gasteiger charge is 2.29.